The molecule has 5 nitrogen and oxygen atoms in total. The van der Waals surface area contributed by atoms with E-state index in [9.17, 15) is 0 Å². The van der Waals surface area contributed by atoms with Crippen molar-refractivity contribution >= 4 is 0 Å². The third-order valence-electron chi connectivity index (χ3n) is 8.71. The summed E-state index contributed by atoms with van der Waals surface area (Å²) in [4.78, 5) is 14.9. The molecule has 0 N–H and O–H groups in total. The van der Waals surface area contributed by atoms with Gasteiger partial charge < -0.3 is 4.52 Å². The normalized spacial score (nSPS) is 24.2. The van der Waals surface area contributed by atoms with Crippen LogP contribution in [0.25, 0.3) is 22.6 Å². The van der Waals surface area contributed by atoms with Crippen molar-refractivity contribution in [3.05, 3.63) is 95.5 Å². The first-order chi connectivity index (χ1) is 18.1. The van der Waals surface area contributed by atoms with Crippen molar-refractivity contribution in [1.82, 2.24) is 20.1 Å². The number of fused-ring (bicyclic) bond motifs is 4. The summed E-state index contributed by atoms with van der Waals surface area (Å²) < 4.78 is 21.0. The van der Waals surface area contributed by atoms with Crippen molar-refractivity contribution in [2.75, 3.05) is 0 Å². The zero-order valence-corrected chi connectivity index (χ0v) is 21.0. The lowest BCUT2D eigenvalue weighted by Crippen LogP contribution is -2.46. The van der Waals surface area contributed by atoms with E-state index >= 15 is 4.39 Å². The molecule has 4 aromatic rings. The lowest BCUT2D eigenvalue weighted by molar-refractivity contribution is 0.164. The van der Waals surface area contributed by atoms with Gasteiger partial charge in [0.15, 0.2) is 5.82 Å². The highest BCUT2D eigenvalue weighted by Gasteiger charge is 2.51. The fourth-order valence-electron chi connectivity index (χ4n) is 6.78. The smallest absolute Gasteiger partial charge is 0.160 e. The first-order valence-corrected chi connectivity index (χ1v) is 13.2. The third-order valence-corrected chi connectivity index (χ3v) is 8.71. The molecule has 0 saturated heterocycles. The molecular formula is C31H29FN4O. The Labute approximate surface area is 215 Å². The number of halogens is 1. The Balaban J connectivity index is 1.46. The van der Waals surface area contributed by atoms with Crippen molar-refractivity contribution in [3.8, 4) is 22.6 Å². The highest BCUT2D eigenvalue weighted by molar-refractivity contribution is 5.70. The first kappa shape index (κ1) is 22.5. The summed E-state index contributed by atoms with van der Waals surface area (Å²) in [5, 5.41) is 4.16. The molecule has 0 aliphatic heterocycles. The topological polar surface area (TPSA) is 64.7 Å². The van der Waals surface area contributed by atoms with Crippen molar-refractivity contribution in [2.24, 2.45) is 5.92 Å². The van der Waals surface area contributed by atoms with Crippen molar-refractivity contribution < 1.29 is 8.91 Å². The molecule has 186 valence electrons. The van der Waals surface area contributed by atoms with Crippen LogP contribution < -0.4 is 0 Å². The number of hydrogen-bond acceptors (Lipinski definition) is 5. The van der Waals surface area contributed by atoms with E-state index in [2.05, 4.69) is 29.7 Å². The van der Waals surface area contributed by atoms with E-state index < -0.39 is 0 Å². The predicted octanol–water partition coefficient (Wildman–Crippen LogP) is 6.95. The van der Waals surface area contributed by atoms with Crippen LogP contribution in [0.1, 0.15) is 72.7 Å². The van der Waals surface area contributed by atoms with Gasteiger partial charge in [0, 0.05) is 51.4 Å². The summed E-state index contributed by atoms with van der Waals surface area (Å²) in [6.07, 6.45) is 11.4. The Hall–Kier alpha value is -3.67. The molecule has 0 unspecified atom stereocenters. The van der Waals surface area contributed by atoms with Crippen LogP contribution in [0.4, 0.5) is 4.39 Å². The molecule has 3 aromatic heterocycles. The summed E-state index contributed by atoms with van der Waals surface area (Å²) in [5.41, 5.74) is 6.22. The largest absolute Gasteiger partial charge is 0.361 e. The van der Waals surface area contributed by atoms with Crippen LogP contribution in [-0.4, -0.2) is 20.1 Å². The monoisotopic (exact) mass is 492 g/mol. The van der Waals surface area contributed by atoms with E-state index in [1.807, 2.05) is 36.7 Å². The fraction of sp³-hybridized carbons (Fsp3) is 0.355. The molecule has 7 rings (SSSR count). The van der Waals surface area contributed by atoms with Gasteiger partial charge in [-0.05, 0) is 68.7 Å². The first-order valence-electron chi connectivity index (χ1n) is 13.2. The number of benzene rings is 1. The van der Waals surface area contributed by atoms with Gasteiger partial charge in [-0.1, -0.05) is 30.3 Å². The van der Waals surface area contributed by atoms with Crippen LogP contribution in [0.15, 0.2) is 66.0 Å². The summed E-state index contributed by atoms with van der Waals surface area (Å²) in [6.45, 7) is 6.34. The molecule has 37 heavy (non-hydrogen) atoms. The number of rotatable bonds is 5. The lowest BCUT2D eigenvalue weighted by atomic mass is 9.55. The summed E-state index contributed by atoms with van der Waals surface area (Å²) >= 11 is 0. The second-order valence-corrected chi connectivity index (χ2v) is 11.0. The Morgan fingerprint density at radius 2 is 2.03 bits per heavy atom. The minimum atomic E-state index is -0.260. The highest BCUT2D eigenvalue weighted by Crippen LogP contribution is 2.55. The summed E-state index contributed by atoms with van der Waals surface area (Å²) in [5.74, 6) is 2.39. The molecule has 0 radical (unpaired) electrons. The maximum Gasteiger partial charge on any atom is 0.160 e. The van der Waals surface area contributed by atoms with E-state index in [0.717, 1.165) is 59.5 Å². The molecule has 0 spiro atoms. The van der Waals surface area contributed by atoms with Crippen LogP contribution in [-0.2, 0) is 18.3 Å². The second-order valence-electron chi connectivity index (χ2n) is 11.0. The quantitative estimate of drug-likeness (QED) is 0.282. The third kappa shape index (κ3) is 3.57. The van der Waals surface area contributed by atoms with E-state index in [-0.39, 0.29) is 17.2 Å². The molecule has 3 heterocycles. The van der Waals surface area contributed by atoms with Crippen LogP contribution in [0.5, 0.6) is 0 Å². The van der Waals surface area contributed by atoms with Crippen LogP contribution in [0.3, 0.4) is 0 Å². The summed E-state index contributed by atoms with van der Waals surface area (Å²) in [7, 11) is 0. The number of hydrogen-bond donors (Lipinski definition) is 0. The lowest BCUT2D eigenvalue weighted by Gasteiger charge is -2.48. The number of nitrogens with zero attached hydrogens (tertiary/aromatic N) is 4. The van der Waals surface area contributed by atoms with Gasteiger partial charge in [0.05, 0.1) is 17.6 Å². The molecule has 1 saturated carbocycles. The minimum Gasteiger partial charge on any atom is -0.361 e. The molecular weight excluding hydrogens is 463 g/mol. The second kappa shape index (κ2) is 8.44. The van der Waals surface area contributed by atoms with Gasteiger partial charge in [0.1, 0.15) is 11.6 Å². The highest BCUT2D eigenvalue weighted by atomic mass is 19.1. The van der Waals surface area contributed by atoms with Crippen molar-refractivity contribution in [3.63, 3.8) is 0 Å². The molecule has 3 aliphatic rings. The van der Waals surface area contributed by atoms with Gasteiger partial charge in [-0.25, -0.2) is 14.4 Å². The van der Waals surface area contributed by atoms with E-state index in [4.69, 9.17) is 14.5 Å². The van der Waals surface area contributed by atoms with Gasteiger partial charge in [-0.3, -0.25) is 4.98 Å². The molecule has 1 fully saturated rings. The standard InChI is InChI=1S/C31H29FN4O/c1-3-6-21-24-12-11-23-27(22-7-4-5-8-25(22)32)35-30(19-13-14-33-26(15-19)18-9-10-18)36-29(23)31(24,2)16-20-17-34-37-28(20)21/h3-5,7-8,13-15,17-18,21,24H,1,6,9-12,16H2,2H3/t21-,24-,31-/m1/s1. The molecule has 3 aliphatic carbocycles. The van der Waals surface area contributed by atoms with Gasteiger partial charge in [-0.2, -0.15) is 0 Å². The number of allylic oxidation sites excluding steroid dienone is 1. The minimum absolute atomic E-state index is 0.194. The zero-order chi connectivity index (χ0) is 25.1. The van der Waals surface area contributed by atoms with Gasteiger partial charge >= 0.3 is 0 Å². The fourth-order valence-corrected chi connectivity index (χ4v) is 6.78. The maximum absolute atomic E-state index is 15.2. The molecule has 0 bridgehead atoms. The molecule has 0 amide bonds. The molecule has 6 heteroatoms. The van der Waals surface area contributed by atoms with Gasteiger partial charge in [0.2, 0.25) is 0 Å². The van der Waals surface area contributed by atoms with E-state index in [1.165, 1.54) is 18.9 Å². The van der Waals surface area contributed by atoms with E-state index in [0.29, 0.717) is 28.9 Å². The summed E-state index contributed by atoms with van der Waals surface area (Å²) in [6, 6.07) is 11.0. The van der Waals surface area contributed by atoms with Gasteiger partial charge in [0.25, 0.3) is 0 Å². The predicted molar refractivity (Wildman–Crippen MR) is 140 cm³/mol. The number of pyridine rings is 1. The molecule has 1 aromatic carbocycles. The molecule has 3 atom stereocenters. The zero-order valence-electron chi connectivity index (χ0n) is 21.0. The van der Waals surface area contributed by atoms with Crippen LogP contribution >= 0.6 is 0 Å². The van der Waals surface area contributed by atoms with Crippen molar-refractivity contribution in [1.29, 1.82) is 0 Å². The van der Waals surface area contributed by atoms with Crippen LogP contribution in [0, 0.1) is 11.7 Å². The van der Waals surface area contributed by atoms with Crippen molar-refractivity contribution in [2.45, 2.75) is 62.7 Å². The average molecular weight is 493 g/mol. The maximum atomic E-state index is 15.2. The Morgan fingerprint density at radius 3 is 2.84 bits per heavy atom. The van der Waals surface area contributed by atoms with Crippen LogP contribution in [0.2, 0.25) is 0 Å². The number of aromatic nitrogens is 4. The SMILES string of the molecule is C=CC[C@H]1c2oncc2C[C@@]2(C)c3nc(-c4ccnc(C5CC5)c4)nc(-c4ccccc4F)c3CC[C@H]12. The van der Waals surface area contributed by atoms with E-state index in [1.54, 1.807) is 6.07 Å². The Bertz CT molecular complexity index is 1520. The Kier molecular flexibility index (Phi) is 5.14. The average Bonchev–Trinajstić information content (AvgIpc) is 3.67. The van der Waals surface area contributed by atoms with Gasteiger partial charge in [-0.15, -0.1) is 6.58 Å². The Morgan fingerprint density at radius 1 is 1.16 bits per heavy atom.